The van der Waals surface area contributed by atoms with Crippen LogP contribution in [0.4, 0.5) is 5.13 Å². The van der Waals surface area contributed by atoms with Gasteiger partial charge in [0.15, 0.2) is 10.8 Å². The Morgan fingerprint density at radius 1 is 1.39 bits per heavy atom. The van der Waals surface area contributed by atoms with Crippen molar-refractivity contribution in [2.45, 2.75) is 6.92 Å². The van der Waals surface area contributed by atoms with Crippen LogP contribution < -0.4 is 5.32 Å². The van der Waals surface area contributed by atoms with Crippen molar-refractivity contribution < 1.29 is 4.79 Å². The van der Waals surface area contributed by atoms with Gasteiger partial charge in [0.2, 0.25) is 0 Å². The van der Waals surface area contributed by atoms with E-state index in [1.54, 1.807) is 35.2 Å². The van der Waals surface area contributed by atoms with Gasteiger partial charge in [0.05, 0.1) is 0 Å². The molecule has 0 atom stereocenters. The van der Waals surface area contributed by atoms with Crippen molar-refractivity contribution in [3.8, 4) is 0 Å². The number of carbonyl (C=O) groups excluding carboxylic acids is 1. The highest BCUT2D eigenvalue weighted by molar-refractivity contribution is 7.15. The van der Waals surface area contributed by atoms with Crippen molar-refractivity contribution in [1.82, 2.24) is 19.6 Å². The molecule has 0 unspecified atom stereocenters. The number of anilines is 1. The molecule has 18 heavy (non-hydrogen) atoms. The number of fused-ring (bicyclic) bond motifs is 1. The van der Waals surface area contributed by atoms with Crippen LogP contribution in [0, 0.1) is 6.92 Å². The molecule has 0 aromatic carbocycles. The highest BCUT2D eigenvalue weighted by atomic mass is 32.1. The van der Waals surface area contributed by atoms with Gasteiger partial charge in [-0.2, -0.15) is 5.10 Å². The fraction of sp³-hybridized carbons (Fsp3) is 0.0909. The van der Waals surface area contributed by atoms with Crippen molar-refractivity contribution in [1.29, 1.82) is 0 Å². The smallest absolute Gasteiger partial charge is 0.277 e. The first kappa shape index (κ1) is 10.8. The Morgan fingerprint density at radius 3 is 3.06 bits per heavy atom. The van der Waals surface area contributed by atoms with Crippen molar-refractivity contribution in [2.75, 3.05) is 5.32 Å². The van der Waals surface area contributed by atoms with Gasteiger partial charge >= 0.3 is 0 Å². The molecule has 3 aromatic heterocycles. The Hall–Kier alpha value is -2.28. The molecule has 1 N–H and O–H groups in total. The zero-order valence-electron chi connectivity index (χ0n) is 9.49. The van der Waals surface area contributed by atoms with Crippen LogP contribution in [0.15, 0.2) is 30.7 Å². The van der Waals surface area contributed by atoms with Gasteiger partial charge in [0.25, 0.3) is 5.91 Å². The van der Waals surface area contributed by atoms with E-state index in [1.165, 1.54) is 11.3 Å². The summed E-state index contributed by atoms with van der Waals surface area (Å²) in [4.78, 5) is 21.1. The van der Waals surface area contributed by atoms with Crippen LogP contribution in [0.2, 0.25) is 0 Å². The SMILES string of the molecule is Cc1cnc(NC(=O)c2ccc3nccn3n2)s1. The van der Waals surface area contributed by atoms with E-state index in [1.807, 2.05) is 6.92 Å². The zero-order chi connectivity index (χ0) is 12.5. The summed E-state index contributed by atoms with van der Waals surface area (Å²) in [6, 6.07) is 3.38. The molecule has 90 valence electrons. The number of hydrogen-bond acceptors (Lipinski definition) is 5. The molecule has 0 radical (unpaired) electrons. The van der Waals surface area contributed by atoms with Crippen molar-refractivity contribution >= 4 is 28.0 Å². The van der Waals surface area contributed by atoms with Gasteiger partial charge in [-0.15, -0.1) is 11.3 Å². The minimum Gasteiger partial charge on any atom is -0.296 e. The van der Waals surface area contributed by atoms with E-state index in [-0.39, 0.29) is 5.91 Å². The lowest BCUT2D eigenvalue weighted by Gasteiger charge is -2.01. The molecule has 1 amide bonds. The molecule has 0 saturated heterocycles. The summed E-state index contributed by atoms with van der Waals surface area (Å²) < 4.78 is 1.56. The molecule has 0 saturated carbocycles. The summed E-state index contributed by atoms with van der Waals surface area (Å²) in [7, 11) is 0. The Bertz CT molecular complexity index is 717. The van der Waals surface area contributed by atoms with Crippen LogP contribution in [0.1, 0.15) is 15.4 Å². The highest BCUT2D eigenvalue weighted by Crippen LogP contribution is 2.17. The predicted octanol–water partition coefficient (Wildman–Crippen LogP) is 1.75. The summed E-state index contributed by atoms with van der Waals surface area (Å²) in [5.74, 6) is -0.278. The number of rotatable bonds is 2. The molecular formula is C11H9N5OS. The number of carbonyl (C=O) groups is 1. The lowest BCUT2D eigenvalue weighted by atomic mass is 10.4. The molecule has 3 rings (SSSR count). The van der Waals surface area contributed by atoms with Gasteiger partial charge in [-0.3, -0.25) is 10.1 Å². The third-order valence-corrected chi connectivity index (χ3v) is 3.16. The summed E-state index contributed by atoms with van der Waals surface area (Å²) in [6.07, 6.45) is 5.04. The molecule has 6 nitrogen and oxygen atoms in total. The molecule has 3 aromatic rings. The second-order valence-electron chi connectivity index (χ2n) is 3.68. The third kappa shape index (κ3) is 1.95. The standard InChI is InChI=1S/C11H9N5OS/c1-7-6-13-11(18-7)14-10(17)8-2-3-9-12-4-5-16(9)15-8/h2-6H,1H3,(H,13,14,17). The Balaban J connectivity index is 1.87. The normalized spacial score (nSPS) is 10.7. The van der Waals surface area contributed by atoms with Crippen LogP contribution >= 0.6 is 11.3 Å². The predicted molar refractivity (Wildman–Crippen MR) is 67.8 cm³/mol. The molecule has 0 fully saturated rings. The lowest BCUT2D eigenvalue weighted by Crippen LogP contribution is -2.14. The third-order valence-electron chi connectivity index (χ3n) is 2.33. The summed E-state index contributed by atoms with van der Waals surface area (Å²) in [6.45, 7) is 1.93. The molecule has 0 bridgehead atoms. The fourth-order valence-electron chi connectivity index (χ4n) is 1.51. The van der Waals surface area contributed by atoms with Gasteiger partial charge in [0, 0.05) is 23.5 Å². The Morgan fingerprint density at radius 2 is 2.28 bits per heavy atom. The fourth-order valence-corrected chi connectivity index (χ4v) is 2.17. The van der Waals surface area contributed by atoms with Crippen LogP contribution in [0.3, 0.4) is 0 Å². The van der Waals surface area contributed by atoms with Gasteiger partial charge in [-0.05, 0) is 19.1 Å². The van der Waals surface area contributed by atoms with E-state index in [4.69, 9.17) is 0 Å². The minimum atomic E-state index is -0.278. The first-order valence-corrected chi connectivity index (χ1v) is 6.08. The molecule has 0 spiro atoms. The number of amides is 1. The minimum absolute atomic E-state index is 0.278. The van der Waals surface area contributed by atoms with Crippen LogP contribution in [0.25, 0.3) is 5.65 Å². The Labute approximate surface area is 106 Å². The Kier molecular flexibility index (Phi) is 2.52. The average Bonchev–Trinajstić information content (AvgIpc) is 2.96. The second-order valence-corrected chi connectivity index (χ2v) is 4.91. The van der Waals surface area contributed by atoms with Gasteiger partial charge in [-0.1, -0.05) is 0 Å². The number of aryl methyl sites for hydroxylation is 1. The number of nitrogens with zero attached hydrogens (tertiary/aromatic N) is 4. The van der Waals surface area contributed by atoms with Crippen LogP contribution in [-0.2, 0) is 0 Å². The molecular weight excluding hydrogens is 250 g/mol. The van der Waals surface area contributed by atoms with Crippen LogP contribution in [-0.4, -0.2) is 25.5 Å². The first-order chi connectivity index (χ1) is 8.72. The van der Waals surface area contributed by atoms with E-state index < -0.39 is 0 Å². The summed E-state index contributed by atoms with van der Waals surface area (Å²) >= 11 is 1.43. The second kappa shape index (κ2) is 4.19. The molecule has 0 aliphatic rings. The average molecular weight is 259 g/mol. The van der Waals surface area contributed by atoms with Gasteiger partial charge in [-0.25, -0.2) is 14.5 Å². The van der Waals surface area contributed by atoms with E-state index in [0.29, 0.717) is 16.5 Å². The summed E-state index contributed by atoms with van der Waals surface area (Å²) in [5.41, 5.74) is 1.03. The van der Waals surface area contributed by atoms with Crippen molar-refractivity contribution in [2.24, 2.45) is 0 Å². The molecule has 3 heterocycles. The number of hydrogen-bond donors (Lipinski definition) is 1. The summed E-state index contributed by atoms with van der Waals surface area (Å²) in [5, 5.41) is 7.44. The number of aromatic nitrogens is 4. The molecule has 0 aliphatic carbocycles. The largest absolute Gasteiger partial charge is 0.296 e. The molecule has 0 aliphatic heterocycles. The highest BCUT2D eigenvalue weighted by Gasteiger charge is 2.10. The number of nitrogens with one attached hydrogen (secondary N) is 1. The van der Waals surface area contributed by atoms with E-state index in [2.05, 4.69) is 20.4 Å². The van der Waals surface area contributed by atoms with Crippen molar-refractivity contribution in [3.63, 3.8) is 0 Å². The first-order valence-electron chi connectivity index (χ1n) is 5.26. The monoisotopic (exact) mass is 259 g/mol. The maximum Gasteiger partial charge on any atom is 0.277 e. The number of imidazole rings is 1. The quantitative estimate of drug-likeness (QED) is 0.761. The maximum atomic E-state index is 11.9. The lowest BCUT2D eigenvalue weighted by molar-refractivity contribution is 0.102. The van der Waals surface area contributed by atoms with E-state index >= 15 is 0 Å². The maximum absolute atomic E-state index is 11.9. The molecule has 7 heteroatoms. The van der Waals surface area contributed by atoms with Crippen LogP contribution in [0.5, 0.6) is 0 Å². The topological polar surface area (TPSA) is 72.2 Å². The number of thiazole rings is 1. The zero-order valence-corrected chi connectivity index (χ0v) is 10.3. The van der Waals surface area contributed by atoms with Gasteiger partial charge in [0.1, 0.15) is 5.69 Å². The van der Waals surface area contributed by atoms with E-state index in [9.17, 15) is 4.79 Å². The van der Waals surface area contributed by atoms with E-state index in [0.717, 1.165) is 4.88 Å². The van der Waals surface area contributed by atoms with Gasteiger partial charge < -0.3 is 0 Å². The van der Waals surface area contributed by atoms with Crippen molar-refractivity contribution in [3.05, 3.63) is 41.3 Å².